The van der Waals surface area contributed by atoms with Gasteiger partial charge in [0.05, 0.1) is 0 Å². The third-order valence-electron chi connectivity index (χ3n) is 1.58. The summed E-state index contributed by atoms with van der Waals surface area (Å²) < 4.78 is 0. The molecule has 3 nitrogen and oxygen atoms in total. The van der Waals surface area contributed by atoms with Gasteiger partial charge in [-0.3, -0.25) is 0 Å². The number of hydrogen-bond donors (Lipinski definition) is 3. The van der Waals surface area contributed by atoms with Crippen molar-refractivity contribution in [2.75, 3.05) is 7.11 Å². The molecule has 0 fully saturated rings. The van der Waals surface area contributed by atoms with Crippen molar-refractivity contribution in [1.82, 2.24) is 0 Å². The lowest BCUT2D eigenvalue weighted by atomic mass is 10.1. The Morgan fingerprint density at radius 3 is 1.71 bits per heavy atom. The number of hydrogen-bond acceptors (Lipinski definition) is 3. The molecule has 1 aromatic carbocycles. The van der Waals surface area contributed by atoms with Crippen molar-refractivity contribution in [3.63, 3.8) is 0 Å². The number of phenols is 2. The maximum absolute atomic E-state index is 9.08. The van der Waals surface area contributed by atoms with Crippen LogP contribution in [0.1, 0.15) is 46.6 Å². The molecule has 0 spiro atoms. The van der Waals surface area contributed by atoms with E-state index in [1.54, 1.807) is 6.07 Å². The van der Waals surface area contributed by atoms with Crippen LogP contribution in [-0.4, -0.2) is 22.4 Å². The van der Waals surface area contributed by atoms with E-state index in [-0.39, 0.29) is 11.5 Å². The highest BCUT2D eigenvalue weighted by Crippen LogP contribution is 2.25. The summed E-state index contributed by atoms with van der Waals surface area (Å²) in [5, 5.41) is 25.0. The van der Waals surface area contributed by atoms with E-state index in [2.05, 4.69) is 6.92 Å². The van der Waals surface area contributed by atoms with E-state index in [0.29, 0.717) is 0 Å². The molecular formula is C14H28O3. The van der Waals surface area contributed by atoms with Crippen LogP contribution < -0.4 is 0 Å². The van der Waals surface area contributed by atoms with Crippen LogP contribution in [0.5, 0.6) is 11.5 Å². The van der Waals surface area contributed by atoms with Crippen molar-refractivity contribution < 1.29 is 15.3 Å². The molecule has 0 heterocycles. The number of benzene rings is 1. The van der Waals surface area contributed by atoms with Crippen LogP contribution in [0, 0.1) is 0 Å². The molecule has 3 N–H and O–H groups in total. The molecule has 3 heteroatoms. The number of phenolic OH excluding ortho intramolecular Hbond substituents is 2. The number of aliphatic hydroxyl groups excluding tert-OH is 1. The molecule has 0 atom stereocenters. The Labute approximate surface area is 106 Å². The molecule has 1 rings (SSSR count). The summed E-state index contributed by atoms with van der Waals surface area (Å²) in [6.07, 6.45) is 1.98. The molecule has 0 saturated heterocycles. The van der Waals surface area contributed by atoms with Crippen LogP contribution in [0.15, 0.2) is 18.2 Å². The zero-order valence-electron chi connectivity index (χ0n) is 12.0. The standard InChI is InChI=1S/C9H12O2.2C2H6.CH4O/c1-2-3-7-4-5-8(10)9(11)6-7;3*1-2/h4-6,10-11H,2-3H2,1H3;2*1-2H3;2H,1H3. The first-order valence-corrected chi connectivity index (χ1v) is 6.19. The van der Waals surface area contributed by atoms with Crippen LogP contribution >= 0.6 is 0 Å². The van der Waals surface area contributed by atoms with Crippen molar-refractivity contribution in [1.29, 1.82) is 0 Å². The van der Waals surface area contributed by atoms with E-state index >= 15 is 0 Å². The predicted octanol–water partition coefficient (Wildman–Crippen LogP) is 3.71. The minimum absolute atomic E-state index is 0.0315. The van der Waals surface area contributed by atoms with Crippen LogP contribution in [0.25, 0.3) is 0 Å². The molecule has 0 saturated carbocycles. The minimum atomic E-state index is -0.0511. The molecule has 0 bridgehead atoms. The Hall–Kier alpha value is -1.22. The first kappa shape index (κ1) is 21.1. The average Bonchev–Trinajstić information content (AvgIpc) is 2.41. The van der Waals surface area contributed by atoms with Crippen molar-refractivity contribution in [2.24, 2.45) is 0 Å². The van der Waals surface area contributed by atoms with Crippen molar-refractivity contribution in [2.45, 2.75) is 47.5 Å². The fraction of sp³-hybridized carbons (Fsp3) is 0.571. The van der Waals surface area contributed by atoms with E-state index in [0.717, 1.165) is 25.5 Å². The van der Waals surface area contributed by atoms with Gasteiger partial charge in [-0.05, 0) is 24.1 Å². The van der Waals surface area contributed by atoms with Crippen LogP contribution in [0.3, 0.4) is 0 Å². The second-order valence-electron chi connectivity index (χ2n) is 2.57. The average molecular weight is 244 g/mol. The predicted molar refractivity (Wildman–Crippen MR) is 74.6 cm³/mol. The maximum atomic E-state index is 9.08. The van der Waals surface area contributed by atoms with Gasteiger partial charge in [0, 0.05) is 7.11 Å². The van der Waals surface area contributed by atoms with Crippen LogP contribution in [0.4, 0.5) is 0 Å². The number of aryl methyl sites for hydroxylation is 1. The maximum Gasteiger partial charge on any atom is 0.157 e. The van der Waals surface area contributed by atoms with E-state index in [1.807, 2.05) is 33.8 Å². The number of aromatic hydroxyl groups is 2. The van der Waals surface area contributed by atoms with Crippen LogP contribution in [-0.2, 0) is 6.42 Å². The first-order valence-electron chi connectivity index (χ1n) is 6.19. The largest absolute Gasteiger partial charge is 0.504 e. The summed E-state index contributed by atoms with van der Waals surface area (Å²) in [5.74, 6) is -0.0826. The van der Waals surface area contributed by atoms with Gasteiger partial charge in [0.25, 0.3) is 0 Å². The Kier molecular flexibility index (Phi) is 21.3. The molecule has 0 aromatic heterocycles. The Morgan fingerprint density at radius 1 is 0.882 bits per heavy atom. The summed E-state index contributed by atoms with van der Waals surface area (Å²) in [4.78, 5) is 0. The zero-order valence-corrected chi connectivity index (χ0v) is 12.0. The molecular weight excluding hydrogens is 216 g/mol. The lowest BCUT2D eigenvalue weighted by Gasteiger charge is -2.00. The highest BCUT2D eigenvalue weighted by molar-refractivity contribution is 5.40. The topological polar surface area (TPSA) is 60.7 Å². The van der Waals surface area contributed by atoms with Crippen molar-refractivity contribution in [3.8, 4) is 11.5 Å². The normalized spacial score (nSPS) is 7.47. The minimum Gasteiger partial charge on any atom is -0.504 e. The zero-order chi connectivity index (χ0) is 14.3. The summed E-state index contributed by atoms with van der Waals surface area (Å²) >= 11 is 0. The summed E-state index contributed by atoms with van der Waals surface area (Å²) in [6.45, 7) is 10.1. The molecule has 102 valence electrons. The smallest absolute Gasteiger partial charge is 0.157 e. The first-order chi connectivity index (χ1) is 8.24. The molecule has 0 aliphatic carbocycles. The fourth-order valence-corrected chi connectivity index (χ4v) is 1.01. The quantitative estimate of drug-likeness (QED) is 0.695. The van der Waals surface area contributed by atoms with Gasteiger partial charge in [0.15, 0.2) is 11.5 Å². The van der Waals surface area contributed by atoms with Crippen molar-refractivity contribution >= 4 is 0 Å². The third-order valence-corrected chi connectivity index (χ3v) is 1.58. The lowest BCUT2D eigenvalue weighted by Crippen LogP contribution is -1.81. The molecule has 0 amide bonds. The van der Waals surface area contributed by atoms with E-state index in [1.165, 1.54) is 6.07 Å². The van der Waals surface area contributed by atoms with Gasteiger partial charge in [-0.15, -0.1) is 0 Å². The number of rotatable bonds is 2. The lowest BCUT2D eigenvalue weighted by molar-refractivity contribution is 0.399. The molecule has 1 aromatic rings. The SMILES string of the molecule is CC.CC.CCCc1ccc(O)c(O)c1.CO. The van der Waals surface area contributed by atoms with Gasteiger partial charge >= 0.3 is 0 Å². The Morgan fingerprint density at radius 2 is 1.35 bits per heavy atom. The number of aliphatic hydroxyl groups is 1. The van der Waals surface area contributed by atoms with Crippen LogP contribution in [0.2, 0.25) is 0 Å². The summed E-state index contributed by atoms with van der Waals surface area (Å²) in [5.41, 5.74) is 1.06. The van der Waals surface area contributed by atoms with Crippen molar-refractivity contribution in [3.05, 3.63) is 23.8 Å². The molecule has 0 radical (unpaired) electrons. The fourth-order valence-electron chi connectivity index (χ4n) is 1.01. The van der Waals surface area contributed by atoms with Gasteiger partial charge in [0.1, 0.15) is 0 Å². The third kappa shape index (κ3) is 11.1. The summed E-state index contributed by atoms with van der Waals surface area (Å²) in [6, 6.07) is 4.93. The monoisotopic (exact) mass is 244 g/mol. The highest BCUT2D eigenvalue weighted by Gasteiger charge is 1.98. The molecule has 17 heavy (non-hydrogen) atoms. The molecule has 0 aliphatic rings. The van der Waals surface area contributed by atoms with Gasteiger partial charge in [-0.1, -0.05) is 47.1 Å². The van der Waals surface area contributed by atoms with Gasteiger partial charge in [0.2, 0.25) is 0 Å². The van der Waals surface area contributed by atoms with Gasteiger partial charge < -0.3 is 15.3 Å². The van der Waals surface area contributed by atoms with Gasteiger partial charge in [-0.2, -0.15) is 0 Å². The molecule has 0 aliphatic heterocycles. The van der Waals surface area contributed by atoms with E-state index in [4.69, 9.17) is 15.3 Å². The van der Waals surface area contributed by atoms with E-state index in [9.17, 15) is 0 Å². The van der Waals surface area contributed by atoms with Gasteiger partial charge in [-0.25, -0.2) is 0 Å². The van der Waals surface area contributed by atoms with E-state index < -0.39 is 0 Å². The second-order valence-corrected chi connectivity index (χ2v) is 2.57. The second kappa shape index (κ2) is 17.2. The highest BCUT2D eigenvalue weighted by atomic mass is 16.3. The molecule has 0 unspecified atom stereocenters. The Balaban J connectivity index is -0.000000285. The Bertz CT molecular complexity index is 247. The summed E-state index contributed by atoms with van der Waals surface area (Å²) in [7, 11) is 1.00.